The molecular weight excluding hydrogens is 307 g/mol. The number of hydrogen-bond acceptors (Lipinski definition) is 3. The average molecular weight is 327 g/mol. The third-order valence-electron chi connectivity index (χ3n) is 3.02. The van der Waals surface area contributed by atoms with Gasteiger partial charge >= 0.3 is 6.18 Å². The maximum absolute atomic E-state index is 12.5. The van der Waals surface area contributed by atoms with Crippen LogP contribution in [0, 0.1) is 0 Å². The lowest BCUT2D eigenvalue weighted by Crippen LogP contribution is -2.38. The minimum atomic E-state index is -4.58. The molecule has 122 valence electrons. The molecule has 0 radical (unpaired) electrons. The number of nitrogens with zero attached hydrogens (tertiary/aromatic N) is 2. The van der Waals surface area contributed by atoms with Crippen molar-refractivity contribution in [3.63, 3.8) is 0 Å². The van der Waals surface area contributed by atoms with Gasteiger partial charge in [0.25, 0.3) is 0 Å². The summed E-state index contributed by atoms with van der Waals surface area (Å²) in [5, 5.41) is 0. The predicted octanol–water partition coefficient (Wildman–Crippen LogP) is 2.10. The lowest BCUT2D eigenvalue weighted by Gasteiger charge is -2.21. The Balaban J connectivity index is 3.23. The van der Waals surface area contributed by atoms with E-state index in [-0.39, 0.29) is 24.0 Å². The molecule has 0 amide bonds. The van der Waals surface area contributed by atoms with Crippen LogP contribution in [0.15, 0.2) is 17.2 Å². The summed E-state index contributed by atoms with van der Waals surface area (Å²) in [5.74, 6) is 0. The van der Waals surface area contributed by atoms with Gasteiger partial charge in [-0.25, -0.2) is 8.42 Å². The predicted molar refractivity (Wildman–Crippen MR) is 73.2 cm³/mol. The number of hydrogen-bond donors (Lipinski definition) is 1. The second-order valence-corrected chi connectivity index (χ2v) is 6.86. The summed E-state index contributed by atoms with van der Waals surface area (Å²) in [6, 6.07) is 1.29. The molecule has 0 unspecified atom stereocenters. The van der Waals surface area contributed by atoms with Gasteiger partial charge in [0.1, 0.15) is 11.4 Å². The van der Waals surface area contributed by atoms with Crippen LogP contribution in [0.3, 0.4) is 0 Å². The molecule has 0 saturated heterocycles. The van der Waals surface area contributed by atoms with Gasteiger partial charge in [-0.15, -0.1) is 0 Å². The Morgan fingerprint density at radius 3 is 2.29 bits per heavy atom. The molecule has 0 fully saturated rings. The molecule has 1 aromatic rings. The first kappa shape index (κ1) is 18.0. The number of alkyl halides is 3. The Hall–Kier alpha value is -1.06. The molecule has 0 spiro atoms. The van der Waals surface area contributed by atoms with Gasteiger partial charge in [-0.05, 0) is 19.9 Å². The van der Waals surface area contributed by atoms with E-state index in [0.29, 0.717) is 10.00 Å². The highest BCUT2D eigenvalue weighted by molar-refractivity contribution is 7.89. The molecule has 0 aliphatic heterocycles. The highest BCUT2D eigenvalue weighted by Gasteiger charge is 2.36. The lowest BCUT2D eigenvalue weighted by molar-refractivity contribution is -0.135. The molecule has 0 aliphatic rings. The van der Waals surface area contributed by atoms with Crippen molar-refractivity contribution in [2.45, 2.75) is 44.4 Å². The van der Waals surface area contributed by atoms with Gasteiger partial charge in [-0.3, -0.25) is 0 Å². The van der Waals surface area contributed by atoms with Crippen LogP contribution in [-0.4, -0.2) is 36.6 Å². The molecule has 5 nitrogen and oxygen atoms in total. The normalized spacial score (nSPS) is 13.4. The van der Waals surface area contributed by atoms with Gasteiger partial charge in [0.05, 0.1) is 0 Å². The van der Waals surface area contributed by atoms with Crippen LogP contribution >= 0.6 is 0 Å². The molecule has 0 bridgehead atoms. The third-order valence-corrected chi connectivity index (χ3v) is 4.90. The highest BCUT2D eigenvalue weighted by atomic mass is 32.2. The van der Waals surface area contributed by atoms with E-state index in [4.69, 9.17) is 5.73 Å². The molecule has 1 heterocycles. The van der Waals surface area contributed by atoms with Crippen molar-refractivity contribution in [1.82, 2.24) is 8.87 Å². The van der Waals surface area contributed by atoms with Crippen LogP contribution in [0.5, 0.6) is 0 Å². The summed E-state index contributed by atoms with van der Waals surface area (Å²) in [6.07, 6.45) is -3.25. The molecule has 1 aromatic heterocycles. The fourth-order valence-electron chi connectivity index (χ4n) is 2.00. The molecule has 0 saturated carbocycles. The van der Waals surface area contributed by atoms with E-state index in [1.165, 1.54) is 19.2 Å². The Morgan fingerprint density at radius 2 is 1.95 bits per heavy atom. The molecule has 2 N–H and O–H groups in total. The summed E-state index contributed by atoms with van der Waals surface area (Å²) in [4.78, 5) is -0.164. The first-order valence-electron chi connectivity index (χ1n) is 6.50. The van der Waals surface area contributed by atoms with E-state index in [0.717, 1.165) is 0 Å². The Bertz CT molecular complexity index is 579. The Morgan fingerprint density at radius 1 is 1.38 bits per heavy atom. The molecule has 0 atom stereocenters. The van der Waals surface area contributed by atoms with Crippen molar-refractivity contribution in [1.29, 1.82) is 0 Å². The number of aromatic nitrogens is 1. The zero-order valence-corrected chi connectivity index (χ0v) is 13.0. The maximum Gasteiger partial charge on any atom is 0.402 e. The zero-order valence-electron chi connectivity index (χ0n) is 12.2. The van der Waals surface area contributed by atoms with Crippen LogP contribution in [0.2, 0.25) is 0 Å². The quantitative estimate of drug-likeness (QED) is 0.870. The van der Waals surface area contributed by atoms with Crippen molar-refractivity contribution in [2.75, 3.05) is 13.1 Å². The molecule has 0 aromatic carbocycles. The lowest BCUT2D eigenvalue weighted by atomic mass is 10.3. The van der Waals surface area contributed by atoms with E-state index >= 15 is 0 Å². The summed E-state index contributed by atoms with van der Waals surface area (Å²) >= 11 is 0. The summed E-state index contributed by atoms with van der Waals surface area (Å²) < 4.78 is 64.2. The van der Waals surface area contributed by atoms with Crippen molar-refractivity contribution in [2.24, 2.45) is 5.73 Å². The van der Waals surface area contributed by atoms with E-state index in [1.54, 1.807) is 4.57 Å². The van der Waals surface area contributed by atoms with E-state index in [1.807, 2.05) is 13.8 Å². The molecule has 0 aliphatic carbocycles. The second kappa shape index (κ2) is 6.37. The van der Waals surface area contributed by atoms with E-state index < -0.39 is 22.7 Å². The van der Waals surface area contributed by atoms with Crippen molar-refractivity contribution < 1.29 is 21.6 Å². The number of rotatable bonds is 6. The SMILES string of the molecule is CCN(CC(F)(F)F)S(=O)(=O)c1cc(CN)n(C(C)C)c1. The van der Waals surface area contributed by atoms with E-state index in [9.17, 15) is 21.6 Å². The summed E-state index contributed by atoms with van der Waals surface area (Å²) in [7, 11) is -4.19. The van der Waals surface area contributed by atoms with Gasteiger partial charge in [0, 0.05) is 31.0 Å². The number of halogens is 3. The van der Waals surface area contributed by atoms with Crippen molar-refractivity contribution in [3.05, 3.63) is 18.0 Å². The summed E-state index contributed by atoms with van der Waals surface area (Å²) in [5.41, 5.74) is 6.11. The van der Waals surface area contributed by atoms with Crippen LogP contribution in [0.1, 0.15) is 32.5 Å². The van der Waals surface area contributed by atoms with E-state index in [2.05, 4.69) is 0 Å². The first-order chi connectivity index (χ1) is 9.52. The minimum absolute atomic E-state index is 0.0369. The third kappa shape index (κ3) is 4.21. The van der Waals surface area contributed by atoms with Crippen LogP contribution in [0.4, 0.5) is 13.2 Å². The average Bonchev–Trinajstić information content (AvgIpc) is 2.79. The fourth-order valence-corrected chi connectivity index (χ4v) is 3.48. The minimum Gasteiger partial charge on any atom is -0.346 e. The number of sulfonamides is 1. The number of nitrogens with two attached hydrogens (primary N) is 1. The summed E-state index contributed by atoms with van der Waals surface area (Å²) in [6.45, 7) is 3.39. The largest absolute Gasteiger partial charge is 0.402 e. The molecule has 9 heteroatoms. The monoisotopic (exact) mass is 327 g/mol. The van der Waals surface area contributed by atoms with Gasteiger partial charge in [0.15, 0.2) is 0 Å². The Labute approximate surface area is 122 Å². The topological polar surface area (TPSA) is 68.3 Å². The van der Waals surface area contributed by atoms with Gasteiger partial charge < -0.3 is 10.3 Å². The second-order valence-electron chi connectivity index (χ2n) is 4.92. The molecular formula is C12H20F3N3O2S. The van der Waals surface area contributed by atoms with Gasteiger partial charge in [-0.1, -0.05) is 6.92 Å². The van der Waals surface area contributed by atoms with Crippen LogP contribution in [0.25, 0.3) is 0 Å². The first-order valence-corrected chi connectivity index (χ1v) is 7.94. The standard InChI is InChI=1S/C12H20F3N3O2S/c1-4-17(8-12(13,14)15)21(19,20)11-5-10(6-16)18(7-11)9(2)3/h5,7,9H,4,6,8,16H2,1-3H3. The van der Waals surface area contributed by atoms with Crippen molar-refractivity contribution in [3.8, 4) is 0 Å². The van der Waals surface area contributed by atoms with Crippen molar-refractivity contribution >= 4 is 10.0 Å². The Kier molecular flexibility index (Phi) is 5.46. The fraction of sp³-hybridized carbons (Fsp3) is 0.667. The van der Waals surface area contributed by atoms with Gasteiger partial charge in [0.2, 0.25) is 10.0 Å². The maximum atomic E-state index is 12.5. The smallest absolute Gasteiger partial charge is 0.346 e. The van der Waals surface area contributed by atoms with Crippen LogP contribution < -0.4 is 5.73 Å². The molecule has 1 rings (SSSR count). The zero-order chi connectivity index (χ0) is 16.4. The highest BCUT2D eigenvalue weighted by Crippen LogP contribution is 2.25. The van der Waals surface area contributed by atoms with Gasteiger partial charge in [-0.2, -0.15) is 17.5 Å². The van der Waals surface area contributed by atoms with Crippen LogP contribution in [-0.2, 0) is 16.6 Å². The molecule has 21 heavy (non-hydrogen) atoms.